The number of ether oxygens (including phenoxy) is 2. The van der Waals surface area contributed by atoms with E-state index in [4.69, 9.17) is 9.47 Å². The number of halogens is 1. The molecule has 5 nitrogen and oxygen atoms in total. The molecule has 1 atom stereocenters. The maximum atomic E-state index is 12.1. The van der Waals surface area contributed by atoms with E-state index in [1.165, 1.54) is 0 Å². The van der Waals surface area contributed by atoms with E-state index in [0.717, 1.165) is 32.5 Å². The molecule has 1 unspecified atom stereocenters. The van der Waals surface area contributed by atoms with Crippen LogP contribution in [0.1, 0.15) is 5.69 Å². The van der Waals surface area contributed by atoms with Crippen LogP contribution in [-0.4, -0.2) is 35.3 Å². The van der Waals surface area contributed by atoms with Crippen LogP contribution in [-0.2, 0) is 4.74 Å². The molecule has 1 saturated heterocycles. The van der Waals surface area contributed by atoms with Crippen molar-refractivity contribution < 1.29 is 14.3 Å². The standard InChI is InChI=1S/C15H15IN2O3/c1-9-5-14(18-8-11(7-16)21-15(18)19)12-6-10(20-2)3-4-13(12)17-9/h3-6,11H,7-8H2,1-2H3. The van der Waals surface area contributed by atoms with E-state index in [1.807, 2.05) is 31.2 Å². The van der Waals surface area contributed by atoms with E-state index in [1.54, 1.807) is 12.0 Å². The van der Waals surface area contributed by atoms with E-state index in [2.05, 4.69) is 27.6 Å². The zero-order valence-corrected chi connectivity index (χ0v) is 14.0. The average molecular weight is 398 g/mol. The van der Waals surface area contributed by atoms with Gasteiger partial charge in [-0.1, -0.05) is 22.6 Å². The second-order valence-corrected chi connectivity index (χ2v) is 5.82. The minimum absolute atomic E-state index is 0.0628. The molecule has 0 aliphatic carbocycles. The molecule has 0 spiro atoms. The summed E-state index contributed by atoms with van der Waals surface area (Å²) in [5.41, 5.74) is 2.54. The summed E-state index contributed by atoms with van der Waals surface area (Å²) in [6.45, 7) is 2.49. The Labute approximate surface area is 136 Å². The molecule has 0 radical (unpaired) electrons. The number of hydrogen-bond donors (Lipinski definition) is 0. The van der Waals surface area contributed by atoms with Gasteiger partial charge in [0.15, 0.2) is 0 Å². The summed E-state index contributed by atoms with van der Waals surface area (Å²) in [6, 6.07) is 7.59. The molecule has 1 aromatic heterocycles. The van der Waals surface area contributed by atoms with Crippen LogP contribution in [0.3, 0.4) is 0 Å². The maximum Gasteiger partial charge on any atom is 0.414 e. The smallest absolute Gasteiger partial charge is 0.414 e. The summed E-state index contributed by atoms with van der Waals surface area (Å²) in [5.74, 6) is 0.743. The zero-order chi connectivity index (χ0) is 15.0. The number of rotatable bonds is 3. The van der Waals surface area contributed by atoms with Crippen LogP contribution in [0, 0.1) is 6.92 Å². The number of nitrogens with zero attached hydrogens (tertiary/aromatic N) is 2. The lowest BCUT2D eigenvalue weighted by Crippen LogP contribution is -2.25. The van der Waals surface area contributed by atoms with Crippen LogP contribution >= 0.6 is 22.6 Å². The third kappa shape index (κ3) is 2.64. The van der Waals surface area contributed by atoms with Crippen molar-refractivity contribution in [2.24, 2.45) is 0 Å². The highest BCUT2D eigenvalue weighted by Gasteiger charge is 2.32. The number of carbonyl (C=O) groups is 1. The molecule has 2 heterocycles. The number of pyridine rings is 1. The van der Waals surface area contributed by atoms with Gasteiger partial charge >= 0.3 is 6.09 Å². The van der Waals surface area contributed by atoms with Gasteiger partial charge in [0, 0.05) is 15.5 Å². The van der Waals surface area contributed by atoms with Gasteiger partial charge in [0.05, 0.1) is 24.9 Å². The highest BCUT2D eigenvalue weighted by molar-refractivity contribution is 14.1. The normalized spacial score (nSPS) is 18.1. The molecule has 0 bridgehead atoms. The summed E-state index contributed by atoms with van der Waals surface area (Å²) in [6.07, 6.45) is -0.362. The Balaban J connectivity index is 2.14. The van der Waals surface area contributed by atoms with E-state index < -0.39 is 0 Å². The van der Waals surface area contributed by atoms with Gasteiger partial charge in [-0.15, -0.1) is 0 Å². The van der Waals surface area contributed by atoms with Gasteiger partial charge in [-0.25, -0.2) is 4.79 Å². The fourth-order valence-electron chi connectivity index (χ4n) is 2.46. The quantitative estimate of drug-likeness (QED) is 0.588. The van der Waals surface area contributed by atoms with Gasteiger partial charge in [0.25, 0.3) is 0 Å². The number of cyclic esters (lactones) is 1. The first-order valence-corrected chi connectivity index (χ1v) is 8.14. The monoisotopic (exact) mass is 398 g/mol. The third-order valence-corrected chi connectivity index (χ3v) is 4.44. The van der Waals surface area contributed by atoms with Crippen LogP contribution in [0.5, 0.6) is 5.75 Å². The number of amides is 1. The number of aryl methyl sites for hydroxylation is 1. The maximum absolute atomic E-state index is 12.1. The van der Waals surface area contributed by atoms with Gasteiger partial charge in [-0.2, -0.15) is 0 Å². The number of methoxy groups -OCH3 is 1. The fourth-order valence-corrected chi connectivity index (χ4v) is 2.92. The molecular formula is C15H15IN2O3. The van der Waals surface area contributed by atoms with E-state index in [9.17, 15) is 4.79 Å². The summed E-state index contributed by atoms with van der Waals surface area (Å²) in [4.78, 5) is 18.3. The molecule has 0 N–H and O–H groups in total. The summed E-state index contributed by atoms with van der Waals surface area (Å²) < 4.78 is 11.4. The first-order chi connectivity index (χ1) is 10.1. The Kier molecular flexibility index (Phi) is 3.88. The summed E-state index contributed by atoms with van der Waals surface area (Å²) >= 11 is 2.23. The van der Waals surface area contributed by atoms with Crippen molar-refractivity contribution >= 4 is 45.3 Å². The van der Waals surface area contributed by atoms with Gasteiger partial charge in [0.2, 0.25) is 0 Å². The molecule has 1 aliphatic heterocycles. The predicted octanol–water partition coefficient (Wildman–Crippen LogP) is 3.31. The van der Waals surface area contributed by atoms with Crippen molar-refractivity contribution in [1.82, 2.24) is 4.98 Å². The van der Waals surface area contributed by atoms with Gasteiger partial charge in [0.1, 0.15) is 11.9 Å². The van der Waals surface area contributed by atoms with Crippen molar-refractivity contribution in [2.75, 3.05) is 23.0 Å². The Bertz CT molecular complexity index is 705. The number of benzene rings is 1. The van der Waals surface area contributed by atoms with Crippen LogP contribution in [0.2, 0.25) is 0 Å². The molecule has 6 heteroatoms. The average Bonchev–Trinajstić information content (AvgIpc) is 2.87. The number of carbonyl (C=O) groups excluding carboxylic acids is 1. The van der Waals surface area contributed by atoms with E-state index >= 15 is 0 Å². The van der Waals surface area contributed by atoms with Gasteiger partial charge < -0.3 is 9.47 Å². The SMILES string of the molecule is COc1ccc2nc(C)cc(N3CC(CI)OC3=O)c2c1. The van der Waals surface area contributed by atoms with Gasteiger partial charge in [-0.3, -0.25) is 9.88 Å². The van der Waals surface area contributed by atoms with Gasteiger partial charge in [-0.05, 0) is 31.2 Å². The van der Waals surface area contributed by atoms with Crippen molar-refractivity contribution in [3.63, 3.8) is 0 Å². The Morgan fingerprint density at radius 3 is 2.95 bits per heavy atom. The molecule has 21 heavy (non-hydrogen) atoms. The second-order valence-electron chi connectivity index (χ2n) is 4.94. The lowest BCUT2D eigenvalue weighted by Gasteiger charge is -2.16. The third-order valence-electron chi connectivity index (χ3n) is 3.46. The van der Waals surface area contributed by atoms with Crippen LogP contribution in [0.4, 0.5) is 10.5 Å². The highest BCUT2D eigenvalue weighted by atomic mass is 127. The minimum Gasteiger partial charge on any atom is -0.497 e. The lowest BCUT2D eigenvalue weighted by atomic mass is 10.1. The molecule has 0 saturated carbocycles. The number of aromatic nitrogens is 1. The van der Waals surface area contributed by atoms with Crippen molar-refractivity contribution in [3.8, 4) is 5.75 Å². The minimum atomic E-state index is -0.300. The van der Waals surface area contributed by atoms with Crippen molar-refractivity contribution in [2.45, 2.75) is 13.0 Å². The van der Waals surface area contributed by atoms with Crippen LogP contribution in [0.25, 0.3) is 10.9 Å². The zero-order valence-electron chi connectivity index (χ0n) is 11.8. The first-order valence-electron chi connectivity index (χ1n) is 6.62. The number of alkyl halides is 1. The molecule has 1 aromatic carbocycles. The first kappa shape index (κ1) is 14.4. The summed E-state index contributed by atoms with van der Waals surface area (Å²) in [5, 5.41) is 0.894. The molecule has 1 fully saturated rings. The highest BCUT2D eigenvalue weighted by Crippen LogP contribution is 2.32. The molecular weight excluding hydrogens is 383 g/mol. The topological polar surface area (TPSA) is 51.7 Å². The number of fused-ring (bicyclic) bond motifs is 1. The predicted molar refractivity (Wildman–Crippen MR) is 89.5 cm³/mol. The Morgan fingerprint density at radius 2 is 2.29 bits per heavy atom. The number of anilines is 1. The summed E-state index contributed by atoms with van der Waals surface area (Å²) in [7, 11) is 1.62. The Morgan fingerprint density at radius 1 is 1.48 bits per heavy atom. The Hall–Kier alpha value is -1.57. The largest absolute Gasteiger partial charge is 0.497 e. The second kappa shape index (κ2) is 5.67. The molecule has 1 amide bonds. The van der Waals surface area contributed by atoms with Crippen molar-refractivity contribution in [1.29, 1.82) is 0 Å². The van der Waals surface area contributed by atoms with Crippen LogP contribution < -0.4 is 9.64 Å². The van der Waals surface area contributed by atoms with E-state index in [-0.39, 0.29) is 12.2 Å². The fraction of sp³-hybridized carbons (Fsp3) is 0.333. The molecule has 110 valence electrons. The van der Waals surface area contributed by atoms with Crippen molar-refractivity contribution in [3.05, 3.63) is 30.0 Å². The number of hydrogen-bond acceptors (Lipinski definition) is 4. The molecule has 1 aliphatic rings. The van der Waals surface area contributed by atoms with Crippen LogP contribution in [0.15, 0.2) is 24.3 Å². The molecule has 3 rings (SSSR count). The molecule has 2 aromatic rings. The lowest BCUT2D eigenvalue weighted by molar-refractivity contribution is 0.153. The van der Waals surface area contributed by atoms with E-state index in [0.29, 0.717) is 6.54 Å².